The van der Waals surface area contributed by atoms with Crippen molar-refractivity contribution in [1.82, 2.24) is 14.9 Å². The molecule has 1 amide bonds. The molecule has 0 aliphatic heterocycles. The summed E-state index contributed by atoms with van der Waals surface area (Å²) in [5.74, 6) is 1.55. The first-order chi connectivity index (χ1) is 12.1. The highest BCUT2D eigenvalue weighted by Gasteiger charge is 2.22. The molecule has 0 aliphatic rings. The zero-order valence-electron chi connectivity index (χ0n) is 14.7. The van der Waals surface area contributed by atoms with Crippen molar-refractivity contribution < 1.29 is 4.79 Å². The average Bonchev–Trinajstić information content (AvgIpc) is 3.10. The molecular weight excluding hydrogens is 332 g/mol. The molecule has 25 heavy (non-hydrogen) atoms. The van der Waals surface area contributed by atoms with Gasteiger partial charge >= 0.3 is 0 Å². The Morgan fingerprint density at radius 3 is 2.64 bits per heavy atom. The van der Waals surface area contributed by atoms with E-state index < -0.39 is 0 Å². The van der Waals surface area contributed by atoms with Crippen molar-refractivity contribution >= 4 is 33.3 Å². The predicted octanol–water partition coefficient (Wildman–Crippen LogP) is 3.37. The monoisotopic (exact) mass is 354 g/mol. The topological polar surface area (TPSA) is 58.1 Å². The van der Waals surface area contributed by atoms with Crippen LogP contribution in [0.15, 0.2) is 41.8 Å². The highest BCUT2D eigenvalue weighted by Crippen LogP contribution is 2.26. The molecule has 1 N–H and O–H groups in total. The number of carbonyl (C=O) groups is 1. The van der Waals surface area contributed by atoms with Gasteiger partial charge in [-0.05, 0) is 17.0 Å². The minimum Gasteiger partial charge on any atom is -0.357 e. The number of amides is 1. The number of aryl methyl sites for hydroxylation is 1. The van der Waals surface area contributed by atoms with Crippen molar-refractivity contribution in [2.24, 2.45) is 0 Å². The third-order valence-electron chi connectivity index (χ3n) is 4.02. The fraction of sp³-hybridized carbons (Fsp3) is 0.316. The van der Waals surface area contributed by atoms with Gasteiger partial charge in [0.05, 0.1) is 5.39 Å². The maximum absolute atomic E-state index is 12.7. The van der Waals surface area contributed by atoms with Gasteiger partial charge in [0.1, 0.15) is 22.5 Å². The largest absolute Gasteiger partial charge is 0.357 e. The number of hydrogen-bond donors (Lipinski definition) is 1. The molecule has 0 bridgehead atoms. The van der Waals surface area contributed by atoms with Gasteiger partial charge in [-0.3, -0.25) is 4.79 Å². The quantitative estimate of drug-likeness (QED) is 0.737. The second-order valence-electron chi connectivity index (χ2n) is 6.10. The first-order valence-corrected chi connectivity index (χ1v) is 9.22. The highest BCUT2D eigenvalue weighted by atomic mass is 32.1. The maximum Gasteiger partial charge on any atom is 0.244 e. The molecule has 0 radical (unpaired) electrons. The Balaban J connectivity index is 1.94. The van der Waals surface area contributed by atoms with Gasteiger partial charge in [-0.1, -0.05) is 37.3 Å². The van der Waals surface area contributed by atoms with Gasteiger partial charge in [0.25, 0.3) is 0 Å². The summed E-state index contributed by atoms with van der Waals surface area (Å²) in [5.41, 5.74) is 1.11. The summed E-state index contributed by atoms with van der Waals surface area (Å²) in [6.07, 6.45) is 1.36. The lowest BCUT2D eigenvalue weighted by Gasteiger charge is -2.23. The van der Waals surface area contributed by atoms with Gasteiger partial charge in [-0.25, -0.2) is 9.97 Å². The predicted molar refractivity (Wildman–Crippen MR) is 103 cm³/mol. The number of anilines is 1. The lowest BCUT2D eigenvalue weighted by molar-refractivity contribution is -0.129. The van der Waals surface area contributed by atoms with Crippen LogP contribution in [0.1, 0.15) is 18.3 Å². The van der Waals surface area contributed by atoms with Crippen LogP contribution >= 0.6 is 11.3 Å². The summed E-state index contributed by atoms with van der Waals surface area (Å²) in [6.45, 7) is 2.03. The molecule has 0 saturated heterocycles. The van der Waals surface area contributed by atoms with Crippen LogP contribution in [0.25, 0.3) is 10.2 Å². The number of benzene rings is 1. The molecule has 1 atom stereocenters. The van der Waals surface area contributed by atoms with Crippen molar-refractivity contribution in [3.63, 3.8) is 0 Å². The summed E-state index contributed by atoms with van der Waals surface area (Å²) in [4.78, 5) is 24.5. The Morgan fingerprint density at radius 2 is 1.96 bits per heavy atom. The first kappa shape index (κ1) is 17.4. The zero-order valence-corrected chi connectivity index (χ0v) is 15.5. The molecule has 2 heterocycles. The van der Waals surface area contributed by atoms with Crippen LogP contribution in [-0.2, 0) is 17.6 Å². The van der Waals surface area contributed by atoms with Gasteiger partial charge in [-0.15, -0.1) is 11.3 Å². The molecule has 2 aromatic heterocycles. The molecule has 0 saturated carbocycles. The molecule has 130 valence electrons. The van der Waals surface area contributed by atoms with Crippen LogP contribution in [0.5, 0.6) is 0 Å². The summed E-state index contributed by atoms with van der Waals surface area (Å²) >= 11 is 1.59. The van der Waals surface area contributed by atoms with Crippen molar-refractivity contribution in [1.29, 1.82) is 0 Å². The number of hydrogen-bond acceptors (Lipinski definition) is 5. The Kier molecular flexibility index (Phi) is 5.28. The van der Waals surface area contributed by atoms with Gasteiger partial charge in [-0.2, -0.15) is 0 Å². The SMILES string of the molecule is CCc1nc(NC(Cc2ccccc2)C(=O)N(C)C)c2ccsc2n1. The fourth-order valence-electron chi connectivity index (χ4n) is 2.69. The standard InChI is InChI=1S/C19H22N4OS/c1-4-16-21-17(14-10-11-25-18(14)22-16)20-15(19(24)23(2)3)12-13-8-6-5-7-9-13/h5-11,15H,4,12H2,1-3H3,(H,20,21,22). The third kappa shape index (κ3) is 3.96. The van der Waals surface area contributed by atoms with Gasteiger partial charge in [0.15, 0.2) is 0 Å². The number of likely N-dealkylation sites (N-methyl/N-ethyl adjacent to an activating group) is 1. The molecule has 5 nitrogen and oxygen atoms in total. The molecule has 6 heteroatoms. The molecular formula is C19H22N4OS. The van der Waals surface area contributed by atoms with Crippen molar-refractivity contribution in [3.8, 4) is 0 Å². The van der Waals surface area contributed by atoms with E-state index in [4.69, 9.17) is 0 Å². The minimum atomic E-state index is -0.375. The normalized spacial score (nSPS) is 12.1. The number of nitrogens with one attached hydrogen (secondary N) is 1. The number of aromatic nitrogens is 2. The van der Waals surface area contributed by atoms with Gasteiger partial charge in [0, 0.05) is 26.9 Å². The second-order valence-corrected chi connectivity index (χ2v) is 7.00. The Bertz CT molecular complexity index is 860. The van der Waals surface area contributed by atoms with Crippen LogP contribution in [0.3, 0.4) is 0 Å². The lowest BCUT2D eigenvalue weighted by Crippen LogP contribution is -2.40. The third-order valence-corrected chi connectivity index (χ3v) is 4.83. The Labute approximate surface area is 151 Å². The van der Waals surface area contributed by atoms with Gasteiger partial charge in [0.2, 0.25) is 5.91 Å². The molecule has 1 aromatic carbocycles. The average molecular weight is 354 g/mol. The highest BCUT2D eigenvalue weighted by molar-refractivity contribution is 7.16. The zero-order chi connectivity index (χ0) is 17.8. The minimum absolute atomic E-state index is 0.0314. The maximum atomic E-state index is 12.7. The van der Waals surface area contributed by atoms with Crippen LogP contribution in [0.2, 0.25) is 0 Å². The molecule has 0 spiro atoms. The number of fused-ring (bicyclic) bond motifs is 1. The molecule has 0 fully saturated rings. The van der Waals surface area contributed by atoms with Crippen molar-refractivity contribution in [2.75, 3.05) is 19.4 Å². The summed E-state index contributed by atoms with van der Waals surface area (Å²) in [6, 6.07) is 11.7. The van der Waals surface area contributed by atoms with E-state index in [0.29, 0.717) is 6.42 Å². The second kappa shape index (κ2) is 7.61. The Hall–Kier alpha value is -2.47. The number of rotatable bonds is 6. The van der Waals surface area contributed by atoms with Crippen LogP contribution in [0.4, 0.5) is 5.82 Å². The van der Waals surface area contributed by atoms with Crippen molar-refractivity contribution in [3.05, 3.63) is 53.2 Å². The number of carbonyl (C=O) groups excluding carboxylic acids is 1. The van der Waals surface area contributed by atoms with E-state index in [1.54, 1.807) is 30.3 Å². The lowest BCUT2D eigenvalue weighted by atomic mass is 10.0. The van der Waals surface area contributed by atoms with E-state index in [9.17, 15) is 4.79 Å². The first-order valence-electron chi connectivity index (χ1n) is 8.34. The van der Waals surface area contributed by atoms with E-state index >= 15 is 0 Å². The summed E-state index contributed by atoms with van der Waals surface area (Å²) in [7, 11) is 3.55. The van der Waals surface area contributed by atoms with E-state index in [1.807, 2.05) is 48.7 Å². The molecule has 0 aliphatic carbocycles. The van der Waals surface area contributed by atoms with Crippen LogP contribution in [0, 0.1) is 0 Å². The molecule has 3 aromatic rings. The van der Waals surface area contributed by atoms with E-state index in [2.05, 4.69) is 15.3 Å². The molecule has 3 rings (SSSR count). The van der Waals surface area contributed by atoms with Crippen molar-refractivity contribution in [2.45, 2.75) is 25.8 Å². The van der Waals surface area contributed by atoms with E-state index in [1.165, 1.54) is 0 Å². The van der Waals surface area contributed by atoms with E-state index in [0.717, 1.165) is 33.8 Å². The number of nitrogens with zero attached hydrogens (tertiary/aromatic N) is 3. The van der Waals surface area contributed by atoms with Crippen LogP contribution in [-0.4, -0.2) is 40.9 Å². The van der Waals surface area contributed by atoms with Gasteiger partial charge < -0.3 is 10.2 Å². The number of thiophene rings is 1. The summed E-state index contributed by atoms with van der Waals surface area (Å²) < 4.78 is 0. The van der Waals surface area contributed by atoms with E-state index in [-0.39, 0.29) is 11.9 Å². The Morgan fingerprint density at radius 1 is 1.20 bits per heavy atom. The molecule has 1 unspecified atom stereocenters. The van der Waals surface area contributed by atoms with Crippen LogP contribution < -0.4 is 5.32 Å². The smallest absolute Gasteiger partial charge is 0.244 e. The fourth-order valence-corrected chi connectivity index (χ4v) is 3.48. The summed E-state index contributed by atoms with van der Waals surface area (Å²) in [5, 5.41) is 6.35.